The number of aromatic hydroxyl groups is 1. The Morgan fingerprint density at radius 1 is 1.46 bits per heavy atom. The van der Waals surface area contributed by atoms with E-state index in [4.69, 9.17) is 5.11 Å². The molecule has 0 unspecified atom stereocenters. The number of halogens is 1. The average molecular weight is 245 g/mol. The summed E-state index contributed by atoms with van der Waals surface area (Å²) >= 11 is 3.24. The van der Waals surface area contributed by atoms with Crippen LogP contribution in [0.1, 0.15) is 18.9 Å². The number of aryl methyl sites for hydroxylation is 1. The zero-order valence-corrected chi connectivity index (χ0v) is 9.08. The van der Waals surface area contributed by atoms with Crippen molar-refractivity contribution in [3.05, 3.63) is 28.2 Å². The van der Waals surface area contributed by atoms with E-state index in [0.717, 1.165) is 18.4 Å². The maximum absolute atomic E-state index is 9.22. The van der Waals surface area contributed by atoms with Crippen LogP contribution in [0.2, 0.25) is 0 Å². The molecule has 0 fully saturated rings. The van der Waals surface area contributed by atoms with E-state index < -0.39 is 0 Å². The van der Waals surface area contributed by atoms with Crippen LogP contribution in [0.15, 0.2) is 22.7 Å². The molecule has 1 aromatic carbocycles. The normalized spacial score (nSPS) is 12.8. The summed E-state index contributed by atoms with van der Waals surface area (Å²) in [6.45, 7) is 1.77. The summed E-state index contributed by atoms with van der Waals surface area (Å²) in [6, 6.07) is 5.39. The van der Waals surface area contributed by atoms with E-state index in [1.165, 1.54) is 0 Å². The van der Waals surface area contributed by atoms with Gasteiger partial charge in [0.2, 0.25) is 0 Å². The Morgan fingerprint density at radius 3 is 2.69 bits per heavy atom. The fraction of sp³-hybridized carbons (Fsp3) is 0.400. The summed E-state index contributed by atoms with van der Waals surface area (Å²) < 4.78 is 0.704. The summed E-state index contributed by atoms with van der Waals surface area (Å²) in [7, 11) is 0. The Morgan fingerprint density at radius 2 is 2.15 bits per heavy atom. The number of hydrogen-bond donors (Lipinski definition) is 2. The highest BCUT2D eigenvalue weighted by molar-refractivity contribution is 9.10. The van der Waals surface area contributed by atoms with Gasteiger partial charge in [0.1, 0.15) is 5.75 Å². The Hall–Kier alpha value is -0.540. The van der Waals surface area contributed by atoms with E-state index in [-0.39, 0.29) is 11.9 Å². The third-order valence-electron chi connectivity index (χ3n) is 1.86. The highest BCUT2D eigenvalue weighted by Gasteiger charge is 2.01. The third-order valence-corrected chi connectivity index (χ3v) is 2.50. The van der Waals surface area contributed by atoms with Gasteiger partial charge < -0.3 is 10.2 Å². The van der Waals surface area contributed by atoms with Gasteiger partial charge in [0.25, 0.3) is 0 Å². The first-order chi connectivity index (χ1) is 6.09. The smallest absolute Gasteiger partial charge is 0.129 e. The maximum Gasteiger partial charge on any atom is 0.129 e. The van der Waals surface area contributed by atoms with Crippen molar-refractivity contribution in [2.24, 2.45) is 0 Å². The maximum atomic E-state index is 9.22. The van der Waals surface area contributed by atoms with Crippen LogP contribution in [0.25, 0.3) is 0 Å². The molecule has 0 spiro atoms. The monoisotopic (exact) mass is 244 g/mol. The second-order valence-corrected chi connectivity index (χ2v) is 4.03. The molecule has 0 aliphatic rings. The van der Waals surface area contributed by atoms with Gasteiger partial charge >= 0.3 is 0 Å². The van der Waals surface area contributed by atoms with Gasteiger partial charge in [-0.1, -0.05) is 6.07 Å². The molecule has 0 saturated heterocycles. The lowest BCUT2D eigenvalue weighted by Gasteiger charge is -2.05. The van der Waals surface area contributed by atoms with Crippen molar-refractivity contribution in [3.8, 4) is 5.75 Å². The molecule has 0 saturated carbocycles. The average Bonchev–Trinajstić information content (AvgIpc) is 2.07. The largest absolute Gasteiger partial charge is 0.507 e. The molecule has 13 heavy (non-hydrogen) atoms. The molecule has 1 rings (SSSR count). The first-order valence-electron chi connectivity index (χ1n) is 4.25. The standard InChI is InChI=1S/C10H13BrO2/c1-7(12)2-3-8-4-5-10(13)9(11)6-8/h4-7,12-13H,2-3H2,1H3/t7-/m0/s1. The molecule has 0 amide bonds. The summed E-state index contributed by atoms with van der Waals surface area (Å²) in [4.78, 5) is 0. The number of hydrogen-bond acceptors (Lipinski definition) is 2. The topological polar surface area (TPSA) is 40.5 Å². The molecule has 0 bridgehead atoms. The minimum atomic E-state index is -0.271. The van der Waals surface area contributed by atoms with Crippen LogP contribution in [0.3, 0.4) is 0 Å². The predicted molar refractivity (Wildman–Crippen MR) is 55.8 cm³/mol. The van der Waals surface area contributed by atoms with Crippen molar-refractivity contribution < 1.29 is 10.2 Å². The zero-order chi connectivity index (χ0) is 9.84. The van der Waals surface area contributed by atoms with Gasteiger partial charge in [-0.15, -0.1) is 0 Å². The van der Waals surface area contributed by atoms with Gasteiger partial charge in [-0.05, 0) is 53.4 Å². The van der Waals surface area contributed by atoms with E-state index in [9.17, 15) is 5.11 Å². The number of phenolic OH excluding ortho intramolecular Hbond substituents is 1. The number of aliphatic hydroxyl groups is 1. The van der Waals surface area contributed by atoms with Crippen LogP contribution in [0, 0.1) is 0 Å². The van der Waals surface area contributed by atoms with Crippen molar-refractivity contribution in [2.75, 3.05) is 0 Å². The minimum Gasteiger partial charge on any atom is -0.507 e. The Balaban J connectivity index is 2.63. The van der Waals surface area contributed by atoms with Gasteiger partial charge in [0, 0.05) is 0 Å². The Kier molecular flexibility index (Phi) is 3.75. The fourth-order valence-corrected chi connectivity index (χ4v) is 1.51. The lowest BCUT2D eigenvalue weighted by atomic mass is 10.1. The van der Waals surface area contributed by atoms with Crippen molar-refractivity contribution in [1.82, 2.24) is 0 Å². The molecule has 0 aliphatic carbocycles. The molecule has 1 atom stereocenters. The molecule has 0 heterocycles. The van der Waals surface area contributed by atoms with Crippen LogP contribution in [-0.4, -0.2) is 16.3 Å². The number of rotatable bonds is 3. The third kappa shape index (κ3) is 3.36. The summed E-state index contributed by atoms with van der Waals surface area (Å²) in [5.74, 6) is 0.251. The second kappa shape index (κ2) is 4.63. The highest BCUT2D eigenvalue weighted by Crippen LogP contribution is 2.24. The van der Waals surface area contributed by atoms with Gasteiger partial charge in [0.15, 0.2) is 0 Å². The first kappa shape index (κ1) is 10.5. The molecule has 0 aliphatic heterocycles. The quantitative estimate of drug-likeness (QED) is 0.858. The molecule has 2 nitrogen and oxygen atoms in total. The minimum absolute atomic E-state index is 0.251. The molecule has 1 aromatic rings. The highest BCUT2D eigenvalue weighted by atomic mass is 79.9. The fourth-order valence-electron chi connectivity index (χ4n) is 1.08. The SMILES string of the molecule is C[C@H](O)CCc1ccc(O)c(Br)c1. The molecular weight excluding hydrogens is 232 g/mol. The first-order valence-corrected chi connectivity index (χ1v) is 5.04. The molecule has 72 valence electrons. The molecular formula is C10H13BrO2. The van der Waals surface area contributed by atoms with E-state index in [1.807, 2.05) is 12.1 Å². The Bertz CT molecular complexity index is 284. The van der Waals surface area contributed by atoms with E-state index in [0.29, 0.717) is 4.47 Å². The van der Waals surface area contributed by atoms with E-state index in [1.54, 1.807) is 13.0 Å². The number of benzene rings is 1. The zero-order valence-electron chi connectivity index (χ0n) is 7.50. The van der Waals surface area contributed by atoms with Gasteiger partial charge in [-0.25, -0.2) is 0 Å². The van der Waals surface area contributed by atoms with E-state index in [2.05, 4.69) is 15.9 Å². The van der Waals surface area contributed by atoms with Gasteiger partial charge in [-0.3, -0.25) is 0 Å². The van der Waals surface area contributed by atoms with Crippen LogP contribution >= 0.6 is 15.9 Å². The van der Waals surface area contributed by atoms with Gasteiger partial charge in [0.05, 0.1) is 10.6 Å². The van der Waals surface area contributed by atoms with Gasteiger partial charge in [-0.2, -0.15) is 0 Å². The predicted octanol–water partition coefficient (Wildman–Crippen LogP) is 2.47. The number of phenols is 1. The molecule has 3 heteroatoms. The summed E-state index contributed by atoms with van der Waals surface area (Å²) in [5, 5.41) is 18.3. The van der Waals surface area contributed by atoms with Crippen LogP contribution in [-0.2, 0) is 6.42 Å². The van der Waals surface area contributed by atoms with Crippen LogP contribution in [0.5, 0.6) is 5.75 Å². The van der Waals surface area contributed by atoms with Crippen LogP contribution in [0.4, 0.5) is 0 Å². The van der Waals surface area contributed by atoms with Crippen molar-refractivity contribution in [1.29, 1.82) is 0 Å². The second-order valence-electron chi connectivity index (χ2n) is 3.17. The number of aliphatic hydroxyl groups excluding tert-OH is 1. The molecule has 2 N–H and O–H groups in total. The van der Waals surface area contributed by atoms with Crippen molar-refractivity contribution >= 4 is 15.9 Å². The van der Waals surface area contributed by atoms with E-state index >= 15 is 0 Å². The summed E-state index contributed by atoms with van der Waals surface area (Å²) in [6.07, 6.45) is 1.31. The Labute approximate surface area is 86.3 Å². The lowest BCUT2D eigenvalue weighted by molar-refractivity contribution is 0.185. The van der Waals surface area contributed by atoms with Crippen LogP contribution < -0.4 is 0 Å². The lowest BCUT2D eigenvalue weighted by Crippen LogP contribution is -2.01. The molecule has 0 radical (unpaired) electrons. The molecule has 0 aromatic heterocycles. The van der Waals surface area contributed by atoms with Crippen molar-refractivity contribution in [3.63, 3.8) is 0 Å². The summed E-state index contributed by atoms with van der Waals surface area (Å²) in [5.41, 5.74) is 1.12. The van der Waals surface area contributed by atoms with Crippen molar-refractivity contribution in [2.45, 2.75) is 25.9 Å².